The number of rotatable bonds is 5. The Hall–Kier alpha value is -1.45. The van der Waals surface area contributed by atoms with E-state index < -0.39 is 8.32 Å². The van der Waals surface area contributed by atoms with Gasteiger partial charge in [-0.05, 0) is 40.5 Å². The quantitative estimate of drug-likeness (QED) is 0.744. The summed E-state index contributed by atoms with van der Waals surface area (Å²) in [6.07, 6.45) is 0. The van der Waals surface area contributed by atoms with Crippen molar-refractivity contribution in [2.75, 3.05) is 7.11 Å². The monoisotopic (exact) mass is 288 g/mol. The Morgan fingerprint density at radius 2 is 1.60 bits per heavy atom. The van der Waals surface area contributed by atoms with Crippen LogP contribution in [0.15, 0.2) is 48.5 Å². The molecule has 0 bridgehead atoms. The van der Waals surface area contributed by atoms with Gasteiger partial charge in [-0.25, -0.2) is 4.39 Å². The minimum Gasteiger partial charge on any atom is -0.416 e. The van der Waals surface area contributed by atoms with Crippen LogP contribution in [0, 0.1) is 5.82 Å². The van der Waals surface area contributed by atoms with Crippen LogP contribution in [0.4, 0.5) is 4.39 Å². The summed E-state index contributed by atoms with van der Waals surface area (Å²) < 4.78 is 19.1. The second-order valence-corrected chi connectivity index (χ2v) is 9.38. The van der Waals surface area contributed by atoms with E-state index in [2.05, 4.69) is 38.1 Å². The average molecular weight is 288 g/mol. The van der Waals surface area contributed by atoms with Crippen LogP contribution >= 0.6 is 0 Å². The van der Waals surface area contributed by atoms with Gasteiger partial charge in [0.1, 0.15) is 5.82 Å². The molecular weight excluding hydrogens is 267 g/mol. The van der Waals surface area contributed by atoms with Crippen molar-refractivity contribution in [2.24, 2.45) is 0 Å². The Labute approximate surface area is 121 Å². The highest BCUT2D eigenvalue weighted by Crippen LogP contribution is 2.21. The third-order valence-electron chi connectivity index (χ3n) is 4.10. The number of benzene rings is 2. The summed E-state index contributed by atoms with van der Waals surface area (Å²) in [7, 11) is 0.0168. The minimum absolute atomic E-state index is 0.200. The lowest BCUT2D eigenvalue weighted by atomic mass is 10.1. The first-order chi connectivity index (χ1) is 9.65. The Balaban J connectivity index is 2.35. The van der Waals surface area contributed by atoms with E-state index >= 15 is 0 Å². The van der Waals surface area contributed by atoms with Crippen LogP contribution in [0.3, 0.4) is 0 Å². The van der Waals surface area contributed by atoms with Crippen molar-refractivity contribution in [3.05, 3.63) is 54.3 Å². The van der Waals surface area contributed by atoms with Crippen molar-refractivity contribution in [3.8, 4) is 11.1 Å². The Morgan fingerprint density at radius 3 is 2.10 bits per heavy atom. The molecule has 0 amide bonds. The highest BCUT2D eigenvalue weighted by Gasteiger charge is 2.31. The second-order valence-electron chi connectivity index (χ2n) is 4.99. The molecule has 0 atom stereocenters. The zero-order chi connectivity index (χ0) is 14.6. The molecule has 2 aromatic rings. The van der Waals surface area contributed by atoms with Crippen LogP contribution in [0.5, 0.6) is 0 Å². The summed E-state index contributed by atoms with van der Waals surface area (Å²) in [5, 5.41) is 1.31. The Bertz CT molecular complexity index is 553. The summed E-state index contributed by atoms with van der Waals surface area (Å²) in [5.41, 5.74) is 1.95. The lowest BCUT2D eigenvalue weighted by Crippen LogP contribution is -2.48. The van der Waals surface area contributed by atoms with Gasteiger partial charge in [-0.1, -0.05) is 50.2 Å². The molecular formula is C17H21FOSi. The molecule has 2 aromatic carbocycles. The third-order valence-corrected chi connectivity index (χ3v) is 8.55. The van der Waals surface area contributed by atoms with E-state index in [1.807, 2.05) is 13.2 Å². The van der Waals surface area contributed by atoms with Crippen LogP contribution in [0.25, 0.3) is 11.1 Å². The van der Waals surface area contributed by atoms with Crippen molar-refractivity contribution in [3.63, 3.8) is 0 Å². The zero-order valence-corrected chi connectivity index (χ0v) is 13.3. The van der Waals surface area contributed by atoms with Crippen LogP contribution < -0.4 is 5.19 Å². The van der Waals surface area contributed by atoms with E-state index in [9.17, 15) is 4.39 Å². The van der Waals surface area contributed by atoms with Gasteiger partial charge in [-0.15, -0.1) is 0 Å². The predicted molar refractivity (Wildman–Crippen MR) is 85.2 cm³/mol. The van der Waals surface area contributed by atoms with E-state index in [0.29, 0.717) is 0 Å². The molecule has 0 aliphatic heterocycles. The number of hydrogen-bond acceptors (Lipinski definition) is 1. The molecule has 0 fully saturated rings. The molecule has 3 heteroatoms. The molecule has 0 N–H and O–H groups in total. The minimum atomic E-state index is -1.80. The summed E-state index contributed by atoms with van der Waals surface area (Å²) in [6, 6.07) is 17.3. The Morgan fingerprint density at radius 1 is 0.950 bits per heavy atom. The molecule has 0 saturated carbocycles. The van der Waals surface area contributed by atoms with Crippen molar-refractivity contribution in [1.29, 1.82) is 0 Å². The molecule has 0 aliphatic rings. The maximum Gasteiger partial charge on any atom is 0.223 e. The first-order valence-electron chi connectivity index (χ1n) is 7.07. The van der Waals surface area contributed by atoms with E-state index in [4.69, 9.17) is 4.43 Å². The average Bonchev–Trinajstić information content (AvgIpc) is 2.50. The molecule has 20 heavy (non-hydrogen) atoms. The predicted octanol–water partition coefficient (Wildman–Crippen LogP) is 4.33. The molecule has 1 nitrogen and oxygen atoms in total. The van der Waals surface area contributed by atoms with E-state index in [0.717, 1.165) is 23.2 Å². The van der Waals surface area contributed by atoms with Gasteiger partial charge in [0.15, 0.2) is 0 Å². The number of hydrogen-bond donors (Lipinski definition) is 0. The van der Waals surface area contributed by atoms with Gasteiger partial charge in [0.05, 0.1) is 0 Å². The highest BCUT2D eigenvalue weighted by atomic mass is 28.4. The first kappa shape index (κ1) is 14.9. The molecule has 0 radical (unpaired) electrons. The van der Waals surface area contributed by atoms with Gasteiger partial charge in [0.2, 0.25) is 8.32 Å². The molecule has 106 valence electrons. The maximum absolute atomic E-state index is 13.3. The van der Waals surface area contributed by atoms with Gasteiger partial charge in [0, 0.05) is 7.11 Å². The van der Waals surface area contributed by atoms with Crippen LogP contribution in [0.2, 0.25) is 12.1 Å². The summed E-state index contributed by atoms with van der Waals surface area (Å²) in [6.45, 7) is 4.39. The second kappa shape index (κ2) is 6.33. The zero-order valence-electron chi connectivity index (χ0n) is 12.3. The van der Waals surface area contributed by atoms with Crippen molar-refractivity contribution >= 4 is 13.5 Å². The lowest BCUT2D eigenvalue weighted by Gasteiger charge is -2.27. The van der Waals surface area contributed by atoms with Gasteiger partial charge in [-0.2, -0.15) is 0 Å². The van der Waals surface area contributed by atoms with Crippen LogP contribution in [0.1, 0.15) is 13.8 Å². The molecule has 2 rings (SSSR count). The first-order valence-corrected chi connectivity index (χ1v) is 9.39. The molecule has 0 aliphatic carbocycles. The SMILES string of the molecule is CC[Si](CC)(OC)c1ccc(-c2cccc(F)c2)cc1. The number of halogens is 1. The van der Waals surface area contributed by atoms with Gasteiger partial charge in [0.25, 0.3) is 0 Å². The fourth-order valence-corrected chi connectivity index (χ4v) is 5.60. The fraction of sp³-hybridized carbons (Fsp3) is 0.294. The van der Waals surface area contributed by atoms with Crippen molar-refractivity contribution in [2.45, 2.75) is 25.9 Å². The summed E-state index contributed by atoms with van der Waals surface area (Å²) in [5.74, 6) is -0.200. The van der Waals surface area contributed by atoms with Crippen LogP contribution in [-0.2, 0) is 4.43 Å². The van der Waals surface area contributed by atoms with Crippen LogP contribution in [-0.4, -0.2) is 15.4 Å². The van der Waals surface area contributed by atoms with Gasteiger partial charge < -0.3 is 4.43 Å². The van der Waals surface area contributed by atoms with E-state index in [-0.39, 0.29) is 5.82 Å². The molecule has 0 heterocycles. The topological polar surface area (TPSA) is 9.23 Å². The summed E-state index contributed by atoms with van der Waals surface area (Å²) >= 11 is 0. The largest absolute Gasteiger partial charge is 0.416 e. The fourth-order valence-electron chi connectivity index (χ4n) is 2.70. The molecule has 0 saturated heterocycles. The molecule has 0 spiro atoms. The maximum atomic E-state index is 13.3. The van der Waals surface area contributed by atoms with E-state index in [1.165, 1.54) is 11.3 Å². The third kappa shape index (κ3) is 2.84. The highest BCUT2D eigenvalue weighted by molar-refractivity contribution is 6.86. The molecule has 0 unspecified atom stereocenters. The van der Waals surface area contributed by atoms with E-state index in [1.54, 1.807) is 12.1 Å². The van der Waals surface area contributed by atoms with Gasteiger partial charge >= 0.3 is 0 Å². The normalized spacial score (nSPS) is 11.6. The summed E-state index contributed by atoms with van der Waals surface area (Å²) in [4.78, 5) is 0. The van der Waals surface area contributed by atoms with Gasteiger partial charge in [-0.3, -0.25) is 0 Å². The van der Waals surface area contributed by atoms with Crippen molar-refractivity contribution < 1.29 is 8.82 Å². The lowest BCUT2D eigenvalue weighted by molar-refractivity contribution is 0.405. The molecule has 0 aromatic heterocycles. The smallest absolute Gasteiger partial charge is 0.223 e. The standard InChI is InChI=1S/C17H21FOSi/c1-4-20(5-2,19-3)17-11-9-14(10-12-17)15-7-6-8-16(18)13-15/h6-13H,4-5H2,1-3H3. The van der Waals surface area contributed by atoms with Crippen molar-refractivity contribution in [1.82, 2.24) is 0 Å². The Kier molecular flexibility index (Phi) is 4.73.